The summed E-state index contributed by atoms with van der Waals surface area (Å²) in [5.41, 5.74) is 6.91. The highest BCUT2D eigenvalue weighted by atomic mass is 32.2. The number of hydrogen-bond acceptors (Lipinski definition) is 6. The Morgan fingerprint density at radius 1 is 1.15 bits per heavy atom. The first-order valence-electron chi connectivity index (χ1n) is 10.2. The van der Waals surface area contributed by atoms with Crippen LogP contribution in [0.5, 0.6) is 5.75 Å². The van der Waals surface area contributed by atoms with E-state index >= 15 is 0 Å². The van der Waals surface area contributed by atoms with Gasteiger partial charge in [-0.2, -0.15) is 0 Å². The van der Waals surface area contributed by atoms with Crippen molar-refractivity contribution in [3.63, 3.8) is 0 Å². The Morgan fingerprint density at radius 2 is 1.82 bits per heavy atom. The van der Waals surface area contributed by atoms with Crippen LogP contribution in [0.25, 0.3) is 0 Å². The fourth-order valence-electron chi connectivity index (χ4n) is 3.06. The second kappa shape index (κ2) is 11.4. The lowest BCUT2D eigenvalue weighted by atomic mass is 10.1. The highest BCUT2D eigenvalue weighted by Gasteiger charge is 2.27. The predicted octanol–water partition coefficient (Wildman–Crippen LogP) is 0.301. The number of rotatable bonds is 11. The first-order chi connectivity index (χ1) is 15.5. The molecule has 0 bridgehead atoms. The molecule has 0 spiro atoms. The number of aromatic hydroxyl groups is 1. The largest absolute Gasteiger partial charge is 0.507 e. The second-order valence-electron chi connectivity index (χ2n) is 7.50. The molecule has 2 amide bonds. The van der Waals surface area contributed by atoms with Crippen molar-refractivity contribution in [1.29, 1.82) is 5.41 Å². The van der Waals surface area contributed by atoms with E-state index in [-0.39, 0.29) is 42.4 Å². The molecule has 0 aliphatic carbocycles. The molecule has 0 aromatic heterocycles. The maximum absolute atomic E-state index is 13.0. The summed E-state index contributed by atoms with van der Waals surface area (Å²) >= 11 is 0. The normalized spacial score (nSPS) is 12.1. The fourth-order valence-corrected chi connectivity index (χ4v) is 3.84. The van der Waals surface area contributed by atoms with Crippen LogP contribution in [0.4, 0.5) is 0 Å². The van der Waals surface area contributed by atoms with Gasteiger partial charge in [-0.25, -0.2) is 13.1 Å². The summed E-state index contributed by atoms with van der Waals surface area (Å²) in [5, 5.41) is 19.9. The maximum Gasteiger partial charge on any atom is 0.241 e. The number of sulfonamides is 1. The van der Waals surface area contributed by atoms with Gasteiger partial charge >= 0.3 is 0 Å². The SMILES string of the molecule is CCS(=O)(=O)N[C@H](Cc1ccccc1)C(=O)N(C)CC(=O)NCc1ccc(C(=N)N)c(O)c1. The van der Waals surface area contributed by atoms with Crippen molar-refractivity contribution in [3.05, 3.63) is 65.2 Å². The average Bonchev–Trinajstić information content (AvgIpc) is 2.77. The Hall–Kier alpha value is -3.44. The van der Waals surface area contributed by atoms with Crippen molar-refractivity contribution in [3.8, 4) is 5.75 Å². The summed E-state index contributed by atoms with van der Waals surface area (Å²) in [4.78, 5) is 26.5. The number of carbonyl (C=O) groups excluding carboxylic acids is 2. The minimum absolute atomic E-state index is 0.0858. The van der Waals surface area contributed by atoms with E-state index in [1.165, 1.54) is 26.1 Å². The van der Waals surface area contributed by atoms with Gasteiger partial charge in [0.15, 0.2) is 0 Å². The number of benzene rings is 2. The van der Waals surface area contributed by atoms with Crippen LogP contribution in [0.3, 0.4) is 0 Å². The standard InChI is InChI=1S/C22H29N5O5S/c1-3-33(31,32)26-18(11-15-7-5-4-6-8-15)22(30)27(2)14-20(29)25-13-16-9-10-17(21(23)24)19(28)12-16/h4-10,12,18,26,28H,3,11,13-14H2,1-2H3,(H3,23,24)(H,25,29)/t18-/m1/s1. The molecular formula is C22H29N5O5S. The number of nitrogens with two attached hydrogens (primary N) is 1. The first kappa shape index (κ1) is 25.8. The number of amides is 2. The summed E-state index contributed by atoms with van der Waals surface area (Å²) in [6.45, 7) is 1.28. The number of phenols is 1. The zero-order chi connectivity index (χ0) is 24.6. The highest BCUT2D eigenvalue weighted by molar-refractivity contribution is 7.89. The molecule has 2 aromatic carbocycles. The number of carbonyl (C=O) groups is 2. The summed E-state index contributed by atoms with van der Waals surface area (Å²) in [6.07, 6.45) is 0.145. The molecule has 178 valence electrons. The van der Waals surface area contributed by atoms with E-state index in [2.05, 4.69) is 10.0 Å². The van der Waals surface area contributed by atoms with E-state index < -0.39 is 27.9 Å². The van der Waals surface area contributed by atoms with Gasteiger partial charge in [-0.15, -0.1) is 0 Å². The lowest BCUT2D eigenvalue weighted by Gasteiger charge is -2.24. The maximum atomic E-state index is 13.0. The molecule has 0 saturated carbocycles. The van der Waals surface area contributed by atoms with Crippen LogP contribution in [0, 0.1) is 5.41 Å². The molecule has 2 rings (SSSR count). The molecule has 33 heavy (non-hydrogen) atoms. The number of nitrogen functional groups attached to an aromatic ring is 1. The van der Waals surface area contributed by atoms with Crippen molar-refractivity contribution in [2.24, 2.45) is 5.73 Å². The number of phenolic OH excluding ortho intramolecular Hbond substituents is 1. The Balaban J connectivity index is 2.01. The predicted molar refractivity (Wildman–Crippen MR) is 125 cm³/mol. The molecule has 2 aromatic rings. The molecule has 0 unspecified atom stereocenters. The van der Waals surface area contributed by atoms with Crippen LogP contribution in [0.2, 0.25) is 0 Å². The van der Waals surface area contributed by atoms with Crippen LogP contribution in [-0.4, -0.2) is 61.5 Å². The topological polar surface area (TPSA) is 166 Å². The third kappa shape index (κ3) is 7.88. The van der Waals surface area contributed by atoms with Crippen LogP contribution in [0.15, 0.2) is 48.5 Å². The third-order valence-electron chi connectivity index (χ3n) is 4.88. The summed E-state index contributed by atoms with van der Waals surface area (Å²) in [5.74, 6) is -1.61. The van der Waals surface area contributed by atoms with Crippen LogP contribution >= 0.6 is 0 Å². The van der Waals surface area contributed by atoms with Gasteiger partial charge in [0.1, 0.15) is 17.6 Å². The van der Waals surface area contributed by atoms with E-state index in [0.717, 1.165) is 10.5 Å². The molecular weight excluding hydrogens is 446 g/mol. The summed E-state index contributed by atoms with van der Waals surface area (Å²) in [6, 6.07) is 12.4. The molecule has 0 radical (unpaired) electrons. The smallest absolute Gasteiger partial charge is 0.241 e. The molecule has 11 heteroatoms. The summed E-state index contributed by atoms with van der Waals surface area (Å²) in [7, 11) is -2.23. The van der Waals surface area contributed by atoms with Crippen LogP contribution < -0.4 is 15.8 Å². The Bertz CT molecular complexity index is 1110. The van der Waals surface area contributed by atoms with E-state index in [1.54, 1.807) is 30.3 Å². The van der Waals surface area contributed by atoms with Gasteiger partial charge in [0, 0.05) is 13.6 Å². The Labute approximate surface area is 193 Å². The average molecular weight is 476 g/mol. The van der Waals surface area contributed by atoms with Crippen LogP contribution in [0.1, 0.15) is 23.6 Å². The van der Waals surface area contributed by atoms with Gasteiger partial charge in [0.25, 0.3) is 0 Å². The molecule has 1 atom stereocenters. The number of nitrogens with zero attached hydrogens (tertiary/aromatic N) is 1. The monoisotopic (exact) mass is 475 g/mol. The van der Waals surface area contributed by atoms with Crippen molar-refractivity contribution >= 4 is 27.7 Å². The number of nitrogens with one attached hydrogen (secondary N) is 3. The zero-order valence-electron chi connectivity index (χ0n) is 18.5. The van der Waals surface area contributed by atoms with Crippen LogP contribution in [-0.2, 0) is 32.6 Å². The number of likely N-dealkylation sites (N-methyl/N-ethyl adjacent to an activating group) is 1. The molecule has 0 heterocycles. The minimum Gasteiger partial charge on any atom is -0.507 e. The van der Waals surface area contributed by atoms with Gasteiger partial charge in [-0.1, -0.05) is 36.4 Å². The molecule has 6 N–H and O–H groups in total. The Kier molecular flexibility index (Phi) is 8.94. The highest BCUT2D eigenvalue weighted by Crippen LogP contribution is 2.18. The molecule has 0 fully saturated rings. The number of amidine groups is 1. The van der Waals surface area contributed by atoms with Crippen molar-refractivity contribution < 1.29 is 23.1 Å². The van der Waals surface area contributed by atoms with Gasteiger partial charge in [-0.3, -0.25) is 15.0 Å². The first-order valence-corrected chi connectivity index (χ1v) is 11.9. The summed E-state index contributed by atoms with van der Waals surface area (Å²) < 4.78 is 26.6. The van der Waals surface area contributed by atoms with E-state index in [9.17, 15) is 23.1 Å². The van der Waals surface area contributed by atoms with Gasteiger partial charge in [0.2, 0.25) is 21.8 Å². The minimum atomic E-state index is -3.65. The van der Waals surface area contributed by atoms with E-state index in [4.69, 9.17) is 11.1 Å². The Morgan fingerprint density at radius 3 is 2.39 bits per heavy atom. The van der Waals surface area contributed by atoms with Crippen molar-refractivity contribution in [2.45, 2.75) is 25.9 Å². The third-order valence-corrected chi connectivity index (χ3v) is 6.29. The van der Waals surface area contributed by atoms with E-state index in [0.29, 0.717) is 5.56 Å². The molecule has 0 aliphatic heterocycles. The number of hydrogen-bond donors (Lipinski definition) is 5. The van der Waals surface area contributed by atoms with Gasteiger partial charge < -0.3 is 21.1 Å². The second-order valence-corrected chi connectivity index (χ2v) is 9.54. The van der Waals surface area contributed by atoms with Gasteiger partial charge in [-0.05, 0) is 36.6 Å². The van der Waals surface area contributed by atoms with Gasteiger partial charge in [0.05, 0.1) is 17.9 Å². The fraction of sp³-hybridized carbons (Fsp3) is 0.318. The van der Waals surface area contributed by atoms with Crippen molar-refractivity contribution in [2.75, 3.05) is 19.3 Å². The quantitative estimate of drug-likeness (QED) is 0.232. The van der Waals surface area contributed by atoms with E-state index in [1.807, 2.05) is 6.07 Å². The lowest BCUT2D eigenvalue weighted by Crippen LogP contribution is -2.50. The molecule has 0 aliphatic rings. The lowest BCUT2D eigenvalue weighted by molar-refractivity contribution is -0.136. The zero-order valence-corrected chi connectivity index (χ0v) is 19.4. The molecule has 0 saturated heterocycles. The van der Waals surface area contributed by atoms with Crippen molar-refractivity contribution in [1.82, 2.24) is 14.9 Å². The molecule has 10 nitrogen and oxygen atoms in total.